The zero-order valence-electron chi connectivity index (χ0n) is 12.0. The molecular formula is C15H19BrN2O2. The number of rotatable bonds is 3. The molecule has 0 amide bonds. The van der Waals surface area contributed by atoms with Crippen molar-refractivity contribution in [3.8, 4) is 0 Å². The number of allylic oxidation sites excluding steroid dienone is 2. The molecule has 20 heavy (non-hydrogen) atoms. The highest BCUT2D eigenvalue weighted by Crippen LogP contribution is 2.33. The van der Waals surface area contributed by atoms with Gasteiger partial charge in [-0.15, -0.1) is 0 Å². The van der Waals surface area contributed by atoms with Crippen LogP contribution in [-0.2, 0) is 16.1 Å². The number of nitrogens with zero attached hydrogens (tertiary/aromatic N) is 2. The number of aromatic nitrogens is 2. The van der Waals surface area contributed by atoms with E-state index in [1.54, 1.807) is 12.5 Å². The highest BCUT2D eigenvalue weighted by molar-refractivity contribution is 9.11. The van der Waals surface area contributed by atoms with Gasteiger partial charge in [0.2, 0.25) is 0 Å². The smallest absolute Gasteiger partial charge is 0.312 e. The molecule has 0 saturated heterocycles. The molecule has 0 aliphatic heterocycles. The number of carbonyl (C=O) groups is 1. The van der Waals surface area contributed by atoms with Crippen LogP contribution in [0.2, 0.25) is 0 Å². The van der Waals surface area contributed by atoms with Gasteiger partial charge >= 0.3 is 5.97 Å². The van der Waals surface area contributed by atoms with Crippen molar-refractivity contribution in [2.24, 2.45) is 5.41 Å². The summed E-state index contributed by atoms with van der Waals surface area (Å²) in [6.07, 6.45) is 11.8. The van der Waals surface area contributed by atoms with Crippen LogP contribution >= 0.6 is 15.9 Å². The third-order valence-corrected chi connectivity index (χ3v) is 3.61. The first-order chi connectivity index (χ1) is 9.31. The normalized spacial score (nSPS) is 22.5. The monoisotopic (exact) mass is 338 g/mol. The minimum Gasteiger partial charge on any atom is -0.452 e. The topological polar surface area (TPSA) is 44.1 Å². The molecule has 1 unspecified atom stereocenters. The van der Waals surface area contributed by atoms with E-state index in [0.29, 0.717) is 13.0 Å². The highest BCUT2D eigenvalue weighted by atomic mass is 79.9. The predicted octanol–water partition coefficient (Wildman–Crippen LogP) is 3.45. The number of esters is 1. The Morgan fingerprint density at radius 2 is 2.30 bits per heavy atom. The van der Waals surface area contributed by atoms with Crippen LogP contribution in [-0.4, -0.2) is 21.1 Å². The van der Waals surface area contributed by atoms with Gasteiger partial charge in [-0.1, -0.05) is 28.1 Å². The summed E-state index contributed by atoms with van der Waals surface area (Å²) in [5.74, 6) is -0.204. The molecule has 0 saturated carbocycles. The van der Waals surface area contributed by atoms with Crippen LogP contribution in [0.1, 0.15) is 27.2 Å². The fraction of sp³-hybridized carbons (Fsp3) is 0.467. The maximum atomic E-state index is 12.3. The summed E-state index contributed by atoms with van der Waals surface area (Å²) in [6.45, 7) is 6.13. The van der Waals surface area contributed by atoms with Crippen molar-refractivity contribution in [3.63, 3.8) is 0 Å². The first-order valence-electron chi connectivity index (χ1n) is 6.54. The van der Waals surface area contributed by atoms with Crippen LogP contribution < -0.4 is 0 Å². The van der Waals surface area contributed by atoms with Gasteiger partial charge in [0.15, 0.2) is 5.60 Å². The van der Waals surface area contributed by atoms with Gasteiger partial charge in [0.05, 0.1) is 18.3 Å². The molecule has 2 rings (SSSR count). The summed E-state index contributed by atoms with van der Waals surface area (Å²) < 4.78 is 8.78. The van der Waals surface area contributed by atoms with Crippen molar-refractivity contribution >= 4 is 21.9 Å². The zero-order chi connectivity index (χ0) is 14.8. The summed E-state index contributed by atoms with van der Waals surface area (Å²) in [4.78, 5) is 16.3. The van der Waals surface area contributed by atoms with E-state index in [9.17, 15) is 4.79 Å². The molecule has 1 heterocycles. The van der Waals surface area contributed by atoms with E-state index in [4.69, 9.17) is 4.74 Å². The standard InChI is InChI=1S/C15H19BrN2O2/c1-14(2,3)13(19)20-15(6-4-5-12(16)9-15)10-18-8-7-17-11-18/h4-8,11H,9-10H2,1-3H3. The van der Waals surface area contributed by atoms with E-state index >= 15 is 0 Å². The first-order valence-corrected chi connectivity index (χ1v) is 7.33. The van der Waals surface area contributed by atoms with Crippen LogP contribution in [0.5, 0.6) is 0 Å². The third kappa shape index (κ3) is 3.60. The van der Waals surface area contributed by atoms with Crippen molar-refractivity contribution in [2.75, 3.05) is 0 Å². The Morgan fingerprint density at radius 3 is 2.85 bits per heavy atom. The molecule has 0 spiro atoms. The molecule has 1 aromatic rings. The molecular weight excluding hydrogens is 320 g/mol. The minimum atomic E-state index is -0.668. The van der Waals surface area contributed by atoms with E-state index in [0.717, 1.165) is 4.48 Å². The lowest BCUT2D eigenvalue weighted by Gasteiger charge is -2.35. The summed E-state index contributed by atoms with van der Waals surface area (Å²) in [5.41, 5.74) is -1.19. The lowest BCUT2D eigenvalue weighted by Crippen LogP contribution is -2.41. The van der Waals surface area contributed by atoms with E-state index in [-0.39, 0.29) is 5.97 Å². The van der Waals surface area contributed by atoms with Gasteiger partial charge in [-0.2, -0.15) is 0 Å². The number of ether oxygens (including phenoxy) is 1. The Hall–Kier alpha value is -1.36. The SMILES string of the molecule is CC(C)(C)C(=O)OC1(Cn2ccnc2)C=CC=C(Br)C1. The Balaban J connectivity index is 2.23. The maximum Gasteiger partial charge on any atom is 0.312 e. The minimum absolute atomic E-state index is 0.204. The summed E-state index contributed by atoms with van der Waals surface area (Å²) in [5, 5.41) is 0. The van der Waals surface area contributed by atoms with Crippen LogP contribution in [0.25, 0.3) is 0 Å². The average molecular weight is 339 g/mol. The molecule has 1 atom stereocenters. The second kappa shape index (κ2) is 5.56. The first kappa shape index (κ1) is 15.0. The van der Waals surface area contributed by atoms with Crippen molar-refractivity contribution in [1.82, 2.24) is 9.55 Å². The Morgan fingerprint density at radius 1 is 1.55 bits per heavy atom. The van der Waals surface area contributed by atoms with Crippen LogP contribution in [0, 0.1) is 5.41 Å². The van der Waals surface area contributed by atoms with Gasteiger partial charge in [0, 0.05) is 18.8 Å². The van der Waals surface area contributed by atoms with E-state index in [1.807, 2.05) is 49.8 Å². The number of carbonyl (C=O) groups excluding carboxylic acids is 1. The summed E-state index contributed by atoms with van der Waals surface area (Å²) in [6, 6.07) is 0. The maximum absolute atomic E-state index is 12.3. The lowest BCUT2D eigenvalue weighted by atomic mass is 9.92. The molecule has 0 aromatic carbocycles. The Bertz CT molecular complexity index is 541. The molecule has 1 aliphatic carbocycles. The van der Waals surface area contributed by atoms with E-state index < -0.39 is 11.0 Å². The quantitative estimate of drug-likeness (QED) is 0.793. The Kier molecular flexibility index (Phi) is 4.18. The largest absolute Gasteiger partial charge is 0.452 e. The van der Waals surface area contributed by atoms with Crippen molar-refractivity contribution in [1.29, 1.82) is 0 Å². The van der Waals surface area contributed by atoms with E-state index in [2.05, 4.69) is 20.9 Å². The predicted molar refractivity (Wildman–Crippen MR) is 81.3 cm³/mol. The molecule has 0 radical (unpaired) electrons. The zero-order valence-corrected chi connectivity index (χ0v) is 13.6. The molecule has 108 valence electrons. The fourth-order valence-electron chi connectivity index (χ4n) is 1.97. The molecule has 4 nitrogen and oxygen atoms in total. The molecule has 0 fully saturated rings. The number of imidazole rings is 1. The number of hydrogen-bond acceptors (Lipinski definition) is 3. The van der Waals surface area contributed by atoms with Crippen molar-refractivity contribution in [3.05, 3.63) is 41.4 Å². The molecule has 1 aromatic heterocycles. The number of hydrogen-bond donors (Lipinski definition) is 0. The van der Waals surface area contributed by atoms with Crippen molar-refractivity contribution in [2.45, 2.75) is 39.3 Å². The second-order valence-electron chi connectivity index (χ2n) is 6.09. The van der Waals surface area contributed by atoms with Gasteiger partial charge in [-0.25, -0.2) is 4.98 Å². The van der Waals surface area contributed by atoms with Gasteiger partial charge in [0.25, 0.3) is 0 Å². The summed E-state index contributed by atoms with van der Waals surface area (Å²) >= 11 is 3.50. The highest BCUT2D eigenvalue weighted by Gasteiger charge is 2.37. The van der Waals surface area contributed by atoms with Gasteiger partial charge in [-0.3, -0.25) is 4.79 Å². The molecule has 5 heteroatoms. The fourth-order valence-corrected chi connectivity index (χ4v) is 2.60. The van der Waals surface area contributed by atoms with Crippen LogP contribution in [0.15, 0.2) is 41.4 Å². The number of halogens is 1. The van der Waals surface area contributed by atoms with Crippen LogP contribution in [0.3, 0.4) is 0 Å². The molecule has 1 aliphatic rings. The van der Waals surface area contributed by atoms with Crippen LogP contribution in [0.4, 0.5) is 0 Å². The molecule has 0 N–H and O–H groups in total. The average Bonchev–Trinajstić information content (AvgIpc) is 2.79. The molecule has 0 bridgehead atoms. The van der Waals surface area contributed by atoms with Crippen molar-refractivity contribution < 1.29 is 9.53 Å². The van der Waals surface area contributed by atoms with E-state index in [1.165, 1.54) is 0 Å². The van der Waals surface area contributed by atoms with Gasteiger partial charge in [0.1, 0.15) is 0 Å². The van der Waals surface area contributed by atoms with Gasteiger partial charge in [-0.05, 0) is 31.3 Å². The Labute approximate surface area is 127 Å². The van der Waals surface area contributed by atoms with Gasteiger partial charge < -0.3 is 9.30 Å². The lowest BCUT2D eigenvalue weighted by molar-refractivity contribution is -0.166. The second-order valence-corrected chi connectivity index (χ2v) is 7.11. The third-order valence-electron chi connectivity index (χ3n) is 3.06. The summed E-state index contributed by atoms with van der Waals surface area (Å²) in [7, 11) is 0.